The first-order chi connectivity index (χ1) is 9.02. The number of benzene rings is 1. The van der Waals surface area contributed by atoms with Gasteiger partial charge in [0, 0.05) is 31.7 Å². The predicted octanol–water partition coefficient (Wildman–Crippen LogP) is 2.43. The third kappa shape index (κ3) is 5.72. The minimum atomic E-state index is -0.423. The Morgan fingerprint density at radius 1 is 1.05 bits per heavy atom. The average molecular weight is 264 g/mol. The SMILES string of the molecule is CC(C)N(CCNC[C@H](O)c1ccccc1)C(C)C. The molecule has 2 N–H and O–H groups in total. The van der Waals surface area contributed by atoms with E-state index in [1.54, 1.807) is 0 Å². The van der Waals surface area contributed by atoms with E-state index in [2.05, 4.69) is 37.9 Å². The number of nitrogens with one attached hydrogen (secondary N) is 1. The fraction of sp³-hybridized carbons (Fsp3) is 0.625. The molecule has 3 nitrogen and oxygen atoms in total. The molecule has 1 rings (SSSR count). The minimum absolute atomic E-state index is 0.423. The number of hydrogen-bond donors (Lipinski definition) is 2. The van der Waals surface area contributed by atoms with Crippen molar-refractivity contribution in [3.8, 4) is 0 Å². The van der Waals surface area contributed by atoms with Crippen LogP contribution < -0.4 is 5.32 Å². The molecule has 1 aromatic rings. The first kappa shape index (κ1) is 16.2. The molecule has 0 heterocycles. The van der Waals surface area contributed by atoms with Crippen LogP contribution in [0.25, 0.3) is 0 Å². The highest BCUT2D eigenvalue weighted by Gasteiger charge is 2.12. The third-order valence-corrected chi connectivity index (χ3v) is 3.40. The molecule has 0 aliphatic carbocycles. The Labute approximate surface area is 117 Å². The second-order valence-corrected chi connectivity index (χ2v) is 5.56. The van der Waals surface area contributed by atoms with Gasteiger partial charge in [-0.1, -0.05) is 30.3 Å². The normalized spacial score (nSPS) is 13.5. The van der Waals surface area contributed by atoms with E-state index in [1.807, 2.05) is 30.3 Å². The Kier molecular flexibility index (Phi) is 7.06. The smallest absolute Gasteiger partial charge is 0.0914 e. The quantitative estimate of drug-likeness (QED) is 0.708. The molecule has 0 spiro atoms. The van der Waals surface area contributed by atoms with Crippen molar-refractivity contribution < 1.29 is 5.11 Å². The molecule has 1 atom stereocenters. The van der Waals surface area contributed by atoms with Crippen LogP contribution in [0.2, 0.25) is 0 Å². The molecule has 0 radical (unpaired) electrons. The molecular weight excluding hydrogens is 236 g/mol. The summed E-state index contributed by atoms with van der Waals surface area (Å²) in [5.74, 6) is 0. The number of rotatable bonds is 8. The lowest BCUT2D eigenvalue weighted by Crippen LogP contribution is -2.42. The van der Waals surface area contributed by atoms with Crippen LogP contribution in [0.1, 0.15) is 39.4 Å². The van der Waals surface area contributed by atoms with Gasteiger partial charge in [0.1, 0.15) is 0 Å². The van der Waals surface area contributed by atoms with Gasteiger partial charge in [-0.05, 0) is 33.3 Å². The summed E-state index contributed by atoms with van der Waals surface area (Å²) in [6, 6.07) is 10.9. The number of aliphatic hydroxyl groups excluding tert-OH is 1. The van der Waals surface area contributed by atoms with Crippen LogP contribution in [0.3, 0.4) is 0 Å². The van der Waals surface area contributed by atoms with E-state index < -0.39 is 6.10 Å². The summed E-state index contributed by atoms with van der Waals surface area (Å²) in [7, 11) is 0. The lowest BCUT2D eigenvalue weighted by molar-refractivity contribution is 0.157. The maximum Gasteiger partial charge on any atom is 0.0914 e. The van der Waals surface area contributed by atoms with E-state index in [-0.39, 0.29) is 0 Å². The maximum absolute atomic E-state index is 10.0. The monoisotopic (exact) mass is 264 g/mol. The van der Waals surface area contributed by atoms with Gasteiger partial charge >= 0.3 is 0 Å². The van der Waals surface area contributed by atoms with Crippen LogP contribution in [-0.4, -0.2) is 41.7 Å². The number of aliphatic hydroxyl groups is 1. The van der Waals surface area contributed by atoms with Gasteiger partial charge in [-0.15, -0.1) is 0 Å². The summed E-state index contributed by atoms with van der Waals surface area (Å²) >= 11 is 0. The summed E-state index contributed by atoms with van der Waals surface area (Å²) < 4.78 is 0. The second-order valence-electron chi connectivity index (χ2n) is 5.56. The Morgan fingerprint density at radius 3 is 2.16 bits per heavy atom. The van der Waals surface area contributed by atoms with Crippen LogP contribution in [0.15, 0.2) is 30.3 Å². The fourth-order valence-electron chi connectivity index (χ4n) is 2.35. The molecule has 0 fully saturated rings. The molecule has 3 heteroatoms. The first-order valence-electron chi connectivity index (χ1n) is 7.21. The van der Waals surface area contributed by atoms with E-state index in [4.69, 9.17) is 0 Å². The Morgan fingerprint density at radius 2 is 1.63 bits per heavy atom. The van der Waals surface area contributed by atoms with Crippen molar-refractivity contribution in [3.63, 3.8) is 0 Å². The zero-order valence-electron chi connectivity index (χ0n) is 12.6. The van der Waals surface area contributed by atoms with Gasteiger partial charge in [0.25, 0.3) is 0 Å². The molecule has 1 aromatic carbocycles. The van der Waals surface area contributed by atoms with Crippen LogP contribution in [0, 0.1) is 0 Å². The molecule has 0 unspecified atom stereocenters. The Balaban J connectivity index is 2.27. The molecule has 0 aliphatic heterocycles. The Bertz CT molecular complexity index is 330. The van der Waals surface area contributed by atoms with Crippen LogP contribution in [0.5, 0.6) is 0 Å². The number of nitrogens with zero attached hydrogens (tertiary/aromatic N) is 1. The van der Waals surface area contributed by atoms with E-state index in [9.17, 15) is 5.11 Å². The highest BCUT2D eigenvalue weighted by atomic mass is 16.3. The standard InChI is InChI=1S/C16H28N2O/c1-13(2)18(14(3)4)11-10-17-12-16(19)15-8-6-5-7-9-15/h5-9,13-14,16-17,19H,10-12H2,1-4H3/t16-/m0/s1. The molecule has 0 saturated heterocycles. The zero-order chi connectivity index (χ0) is 14.3. The van der Waals surface area contributed by atoms with E-state index >= 15 is 0 Å². The van der Waals surface area contributed by atoms with Gasteiger partial charge in [0.15, 0.2) is 0 Å². The summed E-state index contributed by atoms with van der Waals surface area (Å²) in [6.07, 6.45) is -0.423. The second kappa shape index (κ2) is 8.31. The average Bonchev–Trinajstić information content (AvgIpc) is 2.38. The van der Waals surface area contributed by atoms with Crippen molar-refractivity contribution in [3.05, 3.63) is 35.9 Å². The number of hydrogen-bond acceptors (Lipinski definition) is 3. The molecule has 108 valence electrons. The highest BCUT2D eigenvalue weighted by Crippen LogP contribution is 2.10. The van der Waals surface area contributed by atoms with E-state index in [1.165, 1.54) is 0 Å². The van der Waals surface area contributed by atoms with Gasteiger partial charge in [-0.3, -0.25) is 4.90 Å². The largest absolute Gasteiger partial charge is 0.387 e. The molecule has 0 amide bonds. The van der Waals surface area contributed by atoms with Crippen LogP contribution in [0.4, 0.5) is 0 Å². The van der Waals surface area contributed by atoms with Gasteiger partial charge in [0.2, 0.25) is 0 Å². The van der Waals surface area contributed by atoms with Crippen LogP contribution in [-0.2, 0) is 0 Å². The topological polar surface area (TPSA) is 35.5 Å². The summed E-state index contributed by atoms with van der Waals surface area (Å²) in [5.41, 5.74) is 0.972. The van der Waals surface area contributed by atoms with Gasteiger partial charge in [0.05, 0.1) is 6.10 Å². The molecule has 0 aliphatic rings. The highest BCUT2D eigenvalue weighted by molar-refractivity contribution is 5.17. The fourth-order valence-corrected chi connectivity index (χ4v) is 2.35. The van der Waals surface area contributed by atoms with Gasteiger partial charge in [-0.2, -0.15) is 0 Å². The molecule has 0 bridgehead atoms. The van der Waals surface area contributed by atoms with E-state index in [0.717, 1.165) is 18.7 Å². The Hall–Kier alpha value is -0.900. The predicted molar refractivity (Wildman–Crippen MR) is 81.2 cm³/mol. The maximum atomic E-state index is 10.0. The first-order valence-corrected chi connectivity index (χ1v) is 7.21. The van der Waals surface area contributed by atoms with E-state index in [0.29, 0.717) is 18.6 Å². The minimum Gasteiger partial charge on any atom is -0.387 e. The zero-order valence-corrected chi connectivity index (χ0v) is 12.6. The van der Waals surface area contributed by atoms with Crippen molar-refractivity contribution in [2.75, 3.05) is 19.6 Å². The molecule has 0 aromatic heterocycles. The molecular formula is C16H28N2O. The van der Waals surface area contributed by atoms with Crippen molar-refractivity contribution in [2.24, 2.45) is 0 Å². The summed E-state index contributed by atoms with van der Waals surface area (Å²) in [6.45, 7) is 11.4. The lowest BCUT2D eigenvalue weighted by atomic mass is 10.1. The van der Waals surface area contributed by atoms with Crippen molar-refractivity contribution in [1.82, 2.24) is 10.2 Å². The van der Waals surface area contributed by atoms with Crippen molar-refractivity contribution >= 4 is 0 Å². The van der Waals surface area contributed by atoms with Crippen molar-refractivity contribution in [1.29, 1.82) is 0 Å². The van der Waals surface area contributed by atoms with Crippen LogP contribution >= 0.6 is 0 Å². The van der Waals surface area contributed by atoms with Crippen molar-refractivity contribution in [2.45, 2.75) is 45.9 Å². The lowest BCUT2D eigenvalue weighted by Gasteiger charge is -2.30. The summed E-state index contributed by atoms with van der Waals surface area (Å²) in [4.78, 5) is 2.45. The molecule has 19 heavy (non-hydrogen) atoms. The third-order valence-electron chi connectivity index (χ3n) is 3.40. The van der Waals surface area contributed by atoms with Gasteiger partial charge < -0.3 is 10.4 Å². The molecule has 0 saturated carbocycles. The summed E-state index contributed by atoms with van der Waals surface area (Å²) in [5, 5.41) is 13.4. The van der Waals surface area contributed by atoms with Gasteiger partial charge in [-0.25, -0.2) is 0 Å².